The van der Waals surface area contributed by atoms with E-state index in [9.17, 15) is 13.3 Å². The average Bonchev–Trinajstić information content (AvgIpc) is 3.00. The summed E-state index contributed by atoms with van der Waals surface area (Å²) in [5.41, 5.74) is 0.297. The third-order valence-corrected chi connectivity index (χ3v) is 3.41. The van der Waals surface area contributed by atoms with Crippen LogP contribution in [0.5, 0.6) is 0 Å². The lowest BCUT2D eigenvalue weighted by molar-refractivity contribution is 0.316. The van der Waals surface area contributed by atoms with Gasteiger partial charge in [-0.3, -0.25) is 0 Å². The van der Waals surface area contributed by atoms with Crippen molar-refractivity contribution in [3.8, 4) is 0 Å². The molecule has 1 aliphatic rings. The second kappa shape index (κ2) is 4.60. The summed E-state index contributed by atoms with van der Waals surface area (Å²) in [4.78, 5) is 2.01. The van der Waals surface area contributed by atoms with Crippen LogP contribution in [0.3, 0.4) is 0 Å². The van der Waals surface area contributed by atoms with Gasteiger partial charge in [0.25, 0.3) is 0 Å². The molecule has 1 aromatic heterocycles. The zero-order chi connectivity index (χ0) is 13.4. The van der Waals surface area contributed by atoms with Gasteiger partial charge in [0.15, 0.2) is 5.82 Å². The van der Waals surface area contributed by atoms with E-state index in [2.05, 4.69) is 5.10 Å². The molecule has 2 heterocycles. The molecule has 3 nitrogen and oxygen atoms in total. The zero-order valence-corrected chi connectivity index (χ0v) is 10.1. The van der Waals surface area contributed by atoms with Gasteiger partial charge in [0.2, 0.25) is 0 Å². The summed E-state index contributed by atoms with van der Waals surface area (Å²) in [6, 6.07) is 4.63. The van der Waals surface area contributed by atoms with Gasteiger partial charge in [-0.05, 0) is 31.0 Å². The highest BCUT2D eigenvalue weighted by Crippen LogP contribution is 2.36. The maximum Gasteiger partial charge on any atom is 0.154 e. The Bertz CT molecular complexity index is 597. The lowest BCUT2D eigenvalue weighted by Crippen LogP contribution is -2.24. The van der Waals surface area contributed by atoms with Gasteiger partial charge in [-0.25, -0.2) is 8.78 Å². The predicted octanol–water partition coefficient (Wildman–Crippen LogP) is 3.24. The van der Waals surface area contributed by atoms with Gasteiger partial charge in [-0.2, -0.15) is 0 Å². The normalized spacial score (nSPS) is 19.1. The van der Waals surface area contributed by atoms with Crippen molar-refractivity contribution in [2.24, 2.45) is 0 Å². The zero-order valence-electron chi connectivity index (χ0n) is 10.1. The fourth-order valence-electron chi connectivity index (χ4n) is 2.58. The second-order valence-corrected chi connectivity index (χ2v) is 4.58. The molecule has 0 radical (unpaired) electrons. The average molecular weight is 267 g/mol. The lowest BCUT2D eigenvalue weighted by Gasteiger charge is -2.25. The predicted molar refractivity (Wildman–Crippen MR) is 64.4 cm³/mol. The summed E-state index contributed by atoms with van der Waals surface area (Å²) in [7, 11) is 0. The maximum atomic E-state index is 13.8. The molecule has 0 saturated carbocycles. The number of benzene rings is 1. The van der Waals surface area contributed by atoms with E-state index < -0.39 is 11.6 Å². The van der Waals surface area contributed by atoms with E-state index in [0.717, 1.165) is 18.6 Å². The van der Waals surface area contributed by atoms with Gasteiger partial charge in [0.1, 0.15) is 11.6 Å². The van der Waals surface area contributed by atoms with Crippen LogP contribution in [-0.4, -0.2) is 16.5 Å². The number of rotatable bonds is 2. The van der Waals surface area contributed by atoms with Crippen molar-refractivity contribution < 1.29 is 13.3 Å². The molecular formula is C13H12F3N3. The fourth-order valence-corrected chi connectivity index (χ4v) is 2.58. The van der Waals surface area contributed by atoms with Crippen molar-refractivity contribution in [2.45, 2.75) is 18.9 Å². The first-order valence-corrected chi connectivity index (χ1v) is 6.08. The minimum atomic E-state index is -0.473. The van der Waals surface area contributed by atoms with E-state index in [4.69, 9.17) is 0 Å². The number of halogens is 3. The molecule has 1 unspecified atom stereocenters. The van der Waals surface area contributed by atoms with Crippen LogP contribution in [0.4, 0.5) is 19.1 Å². The van der Waals surface area contributed by atoms with E-state index in [-0.39, 0.29) is 10.9 Å². The Morgan fingerprint density at radius 2 is 2.05 bits per heavy atom. The third-order valence-electron chi connectivity index (χ3n) is 3.41. The van der Waals surface area contributed by atoms with Gasteiger partial charge >= 0.3 is 0 Å². The molecule has 1 aliphatic heterocycles. The maximum absolute atomic E-state index is 13.8. The Balaban J connectivity index is 1.97. The quantitative estimate of drug-likeness (QED) is 0.833. The first-order chi connectivity index (χ1) is 9.15. The monoisotopic (exact) mass is 267 g/mol. The highest BCUT2D eigenvalue weighted by atomic mass is 19.2. The van der Waals surface area contributed by atoms with Gasteiger partial charge in [0.05, 0.1) is 12.2 Å². The first kappa shape index (κ1) is 12.1. The molecule has 0 spiro atoms. The molecule has 2 aromatic rings. The lowest BCUT2D eigenvalue weighted by atomic mass is 10.0. The summed E-state index contributed by atoms with van der Waals surface area (Å²) in [5, 5.41) is 3.68. The van der Waals surface area contributed by atoms with Crippen LogP contribution >= 0.6 is 0 Å². The first-order valence-electron chi connectivity index (χ1n) is 6.08. The van der Waals surface area contributed by atoms with Crippen molar-refractivity contribution >= 4 is 5.82 Å². The Labute approximate surface area is 108 Å². The van der Waals surface area contributed by atoms with E-state index in [1.807, 2.05) is 0 Å². The van der Waals surface area contributed by atoms with Gasteiger partial charge in [-0.1, -0.05) is 4.48 Å². The molecule has 1 saturated heterocycles. The van der Waals surface area contributed by atoms with E-state index in [1.165, 1.54) is 18.3 Å². The molecule has 0 bridgehead atoms. The molecule has 1 aromatic carbocycles. The molecule has 1 atom stereocenters. The molecule has 1 fully saturated rings. The third kappa shape index (κ3) is 2.18. The summed E-state index contributed by atoms with van der Waals surface area (Å²) < 4.78 is 40.0. The Kier molecular flexibility index (Phi) is 2.93. The van der Waals surface area contributed by atoms with Crippen LogP contribution < -0.4 is 4.90 Å². The van der Waals surface area contributed by atoms with Crippen LogP contribution in [0.1, 0.15) is 24.4 Å². The van der Waals surface area contributed by atoms with Crippen LogP contribution in [0.2, 0.25) is 0 Å². The van der Waals surface area contributed by atoms with Gasteiger partial charge in [-0.15, -0.1) is 10.0 Å². The van der Waals surface area contributed by atoms with Crippen molar-refractivity contribution in [3.63, 3.8) is 0 Å². The minimum Gasteiger partial charge on any atom is -0.348 e. The molecule has 100 valence electrons. The summed E-state index contributed by atoms with van der Waals surface area (Å²) in [6.45, 7) is 0.650. The molecule has 0 aliphatic carbocycles. The van der Waals surface area contributed by atoms with Crippen molar-refractivity contribution in [1.82, 2.24) is 10.0 Å². The molecule has 6 heteroatoms. The van der Waals surface area contributed by atoms with Crippen LogP contribution in [0.25, 0.3) is 0 Å². The smallest absolute Gasteiger partial charge is 0.154 e. The van der Waals surface area contributed by atoms with Crippen LogP contribution in [0.15, 0.2) is 30.5 Å². The van der Waals surface area contributed by atoms with Crippen molar-refractivity contribution in [3.05, 3.63) is 47.7 Å². The van der Waals surface area contributed by atoms with E-state index in [1.54, 1.807) is 4.90 Å². The largest absolute Gasteiger partial charge is 0.348 e. The fraction of sp³-hybridized carbons (Fsp3) is 0.308. The Morgan fingerprint density at radius 1 is 1.21 bits per heavy atom. The van der Waals surface area contributed by atoms with Crippen LogP contribution in [0, 0.1) is 11.6 Å². The second-order valence-electron chi connectivity index (χ2n) is 4.58. The van der Waals surface area contributed by atoms with Crippen molar-refractivity contribution in [1.29, 1.82) is 0 Å². The number of hydrogen-bond acceptors (Lipinski definition) is 2. The molecule has 0 N–H and O–H groups in total. The summed E-state index contributed by atoms with van der Waals surface area (Å²) in [5.74, 6) is -0.481. The SMILES string of the molecule is Fc1ccc(F)c(C2CCCN2c2ccn(F)n2)c1. The number of aromatic nitrogens is 2. The van der Waals surface area contributed by atoms with Gasteiger partial charge < -0.3 is 4.90 Å². The molecule has 19 heavy (non-hydrogen) atoms. The number of hydrogen-bond donors (Lipinski definition) is 0. The van der Waals surface area contributed by atoms with E-state index >= 15 is 0 Å². The molecule has 0 amide bonds. The minimum absolute atomic E-state index is 0.215. The van der Waals surface area contributed by atoms with Crippen molar-refractivity contribution in [2.75, 3.05) is 11.4 Å². The van der Waals surface area contributed by atoms with E-state index in [0.29, 0.717) is 24.3 Å². The van der Waals surface area contributed by atoms with Gasteiger partial charge in [0, 0.05) is 18.2 Å². The molecule has 3 rings (SSSR count). The number of nitrogens with zero attached hydrogens (tertiary/aromatic N) is 3. The topological polar surface area (TPSA) is 21.1 Å². The highest BCUT2D eigenvalue weighted by Gasteiger charge is 2.30. The highest BCUT2D eigenvalue weighted by molar-refractivity contribution is 5.43. The Hall–Kier alpha value is -1.98. The standard InChI is InChI=1S/C13H12F3N3/c14-9-3-4-11(15)10(8-9)12-2-1-6-18(12)13-5-7-19(16)17-13/h3-5,7-8,12H,1-2,6H2. The summed E-state index contributed by atoms with van der Waals surface area (Å²) >= 11 is 0. The number of anilines is 1. The van der Waals surface area contributed by atoms with Crippen LogP contribution in [-0.2, 0) is 0 Å². The molecular weight excluding hydrogens is 255 g/mol. The Morgan fingerprint density at radius 3 is 2.79 bits per heavy atom. The summed E-state index contributed by atoms with van der Waals surface area (Å²) in [6.07, 6.45) is 2.71.